The largest absolute Gasteiger partial charge is 0.491 e. The molecule has 1 aromatic heterocycles. The quantitative estimate of drug-likeness (QED) is 0.253. The maximum atomic E-state index is 13.6. The van der Waals surface area contributed by atoms with Crippen molar-refractivity contribution in [1.82, 2.24) is 9.47 Å². The van der Waals surface area contributed by atoms with E-state index in [1.54, 1.807) is 6.92 Å². The number of oxime groups is 1. The molecule has 1 aromatic carbocycles. The molecule has 0 spiro atoms. The van der Waals surface area contributed by atoms with Crippen molar-refractivity contribution < 1.29 is 32.6 Å². The van der Waals surface area contributed by atoms with Gasteiger partial charge in [0.15, 0.2) is 4.80 Å². The Morgan fingerprint density at radius 1 is 1.23 bits per heavy atom. The van der Waals surface area contributed by atoms with Crippen LogP contribution < -0.4 is 9.54 Å². The zero-order valence-electron chi connectivity index (χ0n) is 23.3. The van der Waals surface area contributed by atoms with E-state index in [0.717, 1.165) is 49.2 Å². The molecule has 40 heavy (non-hydrogen) atoms. The summed E-state index contributed by atoms with van der Waals surface area (Å²) in [5, 5.41) is 12.3. The summed E-state index contributed by atoms with van der Waals surface area (Å²) in [7, 11) is 0. The molecule has 0 aliphatic carbocycles. The third-order valence-electron chi connectivity index (χ3n) is 7.15. The Hall–Kier alpha value is -2.70. The third-order valence-corrected chi connectivity index (χ3v) is 8.60. The molecule has 4 rings (SSSR count). The molecule has 3 heterocycles. The number of hydrogen-bond donors (Lipinski definition) is 1. The smallest absolute Gasteiger partial charge is 0.416 e. The number of ether oxygens (including phenoxy) is 2. The van der Waals surface area contributed by atoms with Crippen LogP contribution in [0.1, 0.15) is 74.2 Å². The predicted octanol–water partition coefficient (Wildman–Crippen LogP) is 5.48. The molecule has 220 valence electrons. The van der Waals surface area contributed by atoms with Crippen molar-refractivity contribution in [1.29, 1.82) is 0 Å². The molecule has 2 aromatic rings. The van der Waals surface area contributed by atoms with Crippen LogP contribution in [-0.2, 0) is 22.9 Å². The van der Waals surface area contributed by atoms with Crippen LogP contribution in [-0.4, -0.2) is 64.7 Å². The summed E-state index contributed by atoms with van der Waals surface area (Å²) < 4.78 is 54.5. The topological polar surface area (TPSA) is 88.7 Å². The lowest BCUT2D eigenvalue weighted by Gasteiger charge is -2.24. The number of halogens is 3. The number of carbonyl (C=O) groups excluding carboxylic acids is 1. The van der Waals surface area contributed by atoms with Gasteiger partial charge in [0.1, 0.15) is 12.4 Å². The molecule has 1 N–H and O–H groups in total. The highest BCUT2D eigenvalue weighted by atomic mass is 32.1. The Balaban J connectivity index is 1.66. The molecule has 2 saturated heterocycles. The Bertz CT molecular complexity index is 1290. The fourth-order valence-corrected chi connectivity index (χ4v) is 5.96. The minimum atomic E-state index is -4.63. The number of benzene rings is 1. The monoisotopic (exact) mass is 582 g/mol. The van der Waals surface area contributed by atoms with E-state index in [2.05, 4.69) is 35.8 Å². The second-order valence-electron chi connectivity index (χ2n) is 11.5. The molecular weight excluding hydrogens is 545 g/mol. The summed E-state index contributed by atoms with van der Waals surface area (Å²) >= 11 is 1.35. The van der Waals surface area contributed by atoms with Gasteiger partial charge in [0.25, 0.3) is 5.91 Å². The van der Waals surface area contributed by atoms with Gasteiger partial charge >= 0.3 is 6.18 Å². The first-order valence-corrected chi connectivity index (χ1v) is 14.3. The zero-order valence-corrected chi connectivity index (χ0v) is 24.1. The number of thiazole rings is 1. The summed E-state index contributed by atoms with van der Waals surface area (Å²) in [5.74, 6) is -0.740. The molecule has 2 atom stereocenters. The van der Waals surface area contributed by atoms with Gasteiger partial charge in [-0.05, 0) is 62.8 Å². The molecule has 8 nitrogen and oxygen atoms in total. The molecule has 0 radical (unpaired) electrons. The van der Waals surface area contributed by atoms with Crippen LogP contribution in [0.2, 0.25) is 0 Å². The van der Waals surface area contributed by atoms with Gasteiger partial charge in [-0.1, -0.05) is 25.9 Å². The number of hydrogen-bond acceptors (Lipinski definition) is 7. The first-order valence-electron chi connectivity index (χ1n) is 13.5. The van der Waals surface area contributed by atoms with Gasteiger partial charge in [-0.2, -0.15) is 18.2 Å². The Labute approximate surface area is 236 Å². The van der Waals surface area contributed by atoms with Gasteiger partial charge in [0, 0.05) is 30.3 Å². The Kier molecular flexibility index (Phi) is 9.41. The van der Waals surface area contributed by atoms with Crippen LogP contribution in [0.15, 0.2) is 34.5 Å². The second-order valence-corrected chi connectivity index (χ2v) is 12.5. The highest BCUT2D eigenvalue weighted by Crippen LogP contribution is 2.33. The fraction of sp³-hybridized carbons (Fsp3) is 0.607. The fourth-order valence-electron chi connectivity index (χ4n) is 4.90. The molecule has 2 aliphatic rings. The molecule has 2 aliphatic heterocycles. The first-order chi connectivity index (χ1) is 18.8. The minimum Gasteiger partial charge on any atom is -0.491 e. The summed E-state index contributed by atoms with van der Waals surface area (Å²) in [5.41, 5.74) is -0.819. The average molecular weight is 583 g/mol. The lowest BCUT2D eigenvalue weighted by Crippen LogP contribution is -2.37. The minimum absolute atomic E-state index is 0.00204. The Morgan fingerprint density at radius 2 is 2.00 bits per heavy atom. The van der Waals surface area contributed by atoms with Crippen molar-refractivity contribution >= 4 is 23.0 Å². The van der Waals surface area contributed by atoms with Crippen molar-refractivity contribution in [2.45, 2.75) is 83.7 Å². The highest BCUT2D eigenvalue weighted by molar-refractivity contribution is 7.09. The molecule has 0 unspecified atom stereocenters. The summed E-state index contributed by atoms with van der Waals surface area (Å²) in [6.45, 7) is 10.5. The molecule has 12 heteroatoms. The lowest BCUT2D eigenvalue weighted by atomic mass is 9.95. The van der Waals surface area contributed by atoms with Crippen LogP contribution in [0.25, 0.3) is 0 Å². The molecule has 0 saturated carbocycles. The molecule has 1 amide bonds. The van der Waals surface area contributed by atoms with Gasteiger partial charge in [0.2, 0.25) is 0 Å². The average Bonchev–Trinajstić information content (AvgIpc) is 3.64. The summed E-state index contributed by atoms with van der Waals surface area (Å²) in [4.78, 5) is 21.3. The maximum Gasteiger partial charge on any atom is 0.416 e. The van der Waals surface area contributed by atoms with E-state index in [1.807, 2.05) is 10.8 Å². The summed E-state index contributed by atoms with van der Waals surface area (Å²) in [6.07, 6.45) is 0.920. The first kappa shape index (κ1) is 30.3. The SMILES string of the molecule is C/C(CN1CCC[C@H]1COc1ccc(C(F)(F)F)cc1C(=O)N=c1sc(C(C)(C)C)cn1C[C@H]1CCCO1)=N\O. The van der Waals surface area contributed by atoms with Crippen molar-refractivity contribution in [2.24, 2.45) is 10.1 Å². The van der Waals surface area contributed by atoms with E-state index >= 15 is 0 Å². The number of amides is 1. The van der Waals surface area contributed by atoms with Crippen LogP contribution >= 0.6 is 11.3 Å². The molecule has 2 fully saturated rings. The number of carbonyl (C=O) groups is 1. The standard InChI is InChI=1S/C28H37F3N4O4S/c1-18(33-37)14-34-11-5-7-20(34)17-39-23-10-9-19(28(29,30)31)13-22(23)25(36)32-26-35(15-21-8-6-12-38-21)16-24(40-26)27(2,3)4/h9-10,13,16,20-21,37H,5-8,11-12,14-15,17H2,1-4H3/b32-26?,33-18+/t20-,21+/m0/s1. The number of nitrogens with zero attached hydrogens (tertiary/aromatic N) is 4. The van der Waals surface area contributed by atoms with Crippen LogP contribution in [0.3, 0.4) is 0 Å². The van der Waals surface area contributed by atoms with Crippen molar-refractivity contribution in [2.75, 3.05) is 26.3 Å². The van der Waals surface area contributed by atoms with Gasteiger partial charge in [-0.15, -0.1) is 11.3 Å². The van der Waals surface area contributed by atoms with E-state index < -0.39 is 17.6 Å². The Morgan fingerprint density at radius 3 is 2.65 bits per heavy atom. The maximum absolute atomic E-state index is 13.6. The number of rotatable bonds is 8. The second kappa shape index (κ2) is 12.4. The number of likely N-dealkylation sites (tertiary alicyclic amines) is 1. The third kappa shape index (κ3) is 7.52. The van der Waals surface area contributed by atoms with Crippen LogP contribution in [0.4, 0.5) is 13.2 Å². The van der Waals surface area contributed by atoms with Crippen molar-refractivity contribution in [3.05, 3.63) is 45.2 Å². The van der Waals surface area contributed by atoms with E-state index in [1.165, 1.54) is 17.4 Å². The lowest BCUT2D eigenvalue weighted by molar-refractivity contribution is -0.137. The number of alkyl halides is 3. The van der Waals surface area contributed by atoms with Gasteiger partial charge in [0.05, 0.1) is 29.5 Å². The van der Waals surface area contributed by atoms with Crippen LogP contribution in [0, 0.1) is 0 Å². The van der Waals surface area contributed by atoms with Crippen LogP contribution in [0.5, 0.6) is 5.75 Å². The van der Waals surface area contributed by atoms with Gasteiger partial charge in [-0.25, -0.2) is 0 Å². The van der Waals surface area contributed by atoms with E-state index in [-0.39, 0.29) is 35.5 Å². The van der Waals surface area contributed by atoms with E-state index in [0.29, 0.717) is 30.2 Å². The number of aromatic nitrogens is 1. The zero-order chi connectivity index (χ0) is 29.1. The molecule has 0 bridgehead atoms. The predicted molar refractivity (Wildman–Crippen MR) is 146 cm³/mol. The normalized spacial score (nSPS) is 21.4. The van der Waals surface area contributed by atoms with Gasteiger partial charge in [-0.3, -0.25) is 9.69 Å². The van der Waals surface area contributed by atoms with E-state index in [4.69, 9.17) is 14.7 Å². The van der Waals surface area contributed by atoms with E-state index in [9.17, 15) is 18.0 Å². The highest BCUT2D eigenvalue weighted by Gasteiger charge is 2.33. The summed E-state index contributed by atoms with van der Waals surface area (Å²) in [6, 6.07) is 2.90. The van der Waals surface area contributed by atoms with Gasteiger partial charge < -0.3 is 19.2 Å². The van der Waals surface area contributed by atoms with Crippen molar-refractivity contribution in [3.63, 3.8) is 0 Å². The molecular formula is C28H37F3N4O4S. The van der Waals surface area contributed by atoms with Crippen molar-refractivity contribution in [3.8, 4) is 5.75 Å².